The number of likely N-dealkylation sites (tertiary alicyclic amines) is 1. The molecule has 0 radical (unpaired) electrons. The Kier molecular flexibility index (Phi) is 7.94. The number of ether oxygens (including phenoxy) is 1. The Morgan fingerprint density at radius 2 is 1.86 bits per heavy atom. The molecule has 7 rings (SSSR count). The van der Waals surface area contributed by atoms with Gasteiger partial charge in [-0.15, -0.1) is 0 Å². The lowest BCUT2D eigenvalue weighted by Crippen LogP contribution is -2.65. The van der Waals surface area contributed by atoms with Crippen molar-refractivity contribution >= 4 is 12.3 Å². The number of piperidine rings is 1. The molecular formula is C37H58N2O4. The molecular weight excluding hydrogens is 536 g/mol. The normalized spacial score (nSPS) is 46.5. The molecule has 7 aliphatic rings. The third-order valence-electron chi connectivity index (χ3n) is 14.7. The SMILES string of the molecule is CCNCC1CCN(CC2OC(C34C[C@@H]5[C@H](C)CC[C@H]5C5(C=O)CC3C=C(C(C)C)C45C(=O)O)CC2C2CCCC2)CC1. The second kappa shape index (κ2) is 11.2. The summed E-state index contributed by atoms with van der Waals surface area (Å²) >= 11 is 0. The van der Waals surface area contributed by atoms with Gasteiger partial charge < -0.3 is 24.9 Å². The minimum atomic E-state index is -1.13. The van der Waals surface area contributed by atoms with E-state index in [9.17, 15) is 14.7 Å². The van der Waals surface area contributed by atoms with Gasteiger partial charge in [0.2, 0.25) is 0 Å². The van der Waals surface area contributed by atoms with E-state index in [2.05, 4.69) is 44.0 Å². The number of nitrogens with zero attached hydrogens (tertiary/aromatic N) is 1. The Morgan fingerprint density at radius 3 is 2.51 bits per heavy atom. The Morgan fingerprint density at radius 1 is 1.12 bits per heavy atom. The lowest BCUT2D eigenvalue weighted by Gasteiger charge is -2.60. The molecule has 5 aliphatic carbocycles. The first-order valence-corrected chi connectivity index (χ1v) is 18.2. The molecule has 2 N–H and O–H groups in total. The average molecular weight is 595 g/mol. The van der Waals surface area contributed by atoms with Crippen molar-refractivity contribution in [2.45, 2.75) is 111 Å². The van der Waals surface area contributed by atoms with Gasteiger partial charge in [-0.3, -0.25) is 4.79 Å². The third kappa shape index (κ3) is 4.13. The monoisotopic (exact) mass is 594 g/mol. The molecule has 10 atom stereocenters. The number of aldehydes is 1. The van der Waals surface area contributed by atoms with Crippen LogP contribution in [0.25, 0.3) is 0 Å². The van der Waals surface area contributed by atoms with E-state index >= 15 is 0 Å². The number of rotatable bonds is 10. The zero-order valence-electron chi connectivity index (χ0n) is 27.4. The van der Waals surface area contributed by atoms with Gasteiger partial charge >= 0.3 is 5.97 Å². The number of aliphatic carboxylic acids is 1. The van der Waals surface area contributed by atoms with Crippen LogP contribution in [0.2, 0.25) is 0 Å². The molecule has 0 aromatic carbocycles. The Hall–Kier alpha value is -1.24. The molecule has 240 valence electrons. The van der Waals surface area contributed by atoms with E-state index < -0.39 is 22.2 Å². The summed E-state index contributed by atoms with van der Waals surface area (Å²) in [4.78, 5) is 30.3. The molecule has 6 fully saturated rings. The minimum Gasteiger partial charge on any atom is -0.481 e. The summed E-state index contributed by atoms with van der Waals surface area (Å²) in [6.45, 7) is 14.3. The highest BCUT2D eigenvalue weighted by Crippen LogP contribution is 2.84. The fraction of sp³-hybridized carbons (Fsp3) is 0.892. The van der Waals surface area contributed by atoms with Crippen molar-refractivity contribution in [2.24, 2.45) is 63.6 Å². The van der Waals surface area contributed by atoms with Gasteiger partial charge in [0.05, 0.1) is 17.6 Å². The molecule has 0 aromatic rings. The highest BCUT2D eigenvalue weighted by molar-refractivity contribution is 5.90. The van der Waals surface area contributed by atoms with Gasteiger partial charge in [-0.05, 0) is 112 Å². The number of carboxylic acid groups (broad SMARTS) is 1. The van der Waals surface area contributed by atoms with Crippen molar-refractivity contribution in [1.82, 2.24) is 10.2 Å². The van der Waals surface area contributed by atoms with E-state index in [1.54, 1.807) is 0 Å². The number of allylic oxidation sites excluding steroid dienone is 1. The Bertz CT molecular complexity index is 1110. The molecule has 6 nitrogen and oxygen atoms in total. The van der Waals surface area contributed by atoms with E-state index in [4.69, 9.17) is 4.74 Å². The summed E-state index contributed by atoms with van der Waals surface area (Å²) in [5, 5.41) is 15.1. The van der Waals surface area contributed by atoms with E-state index in [1.165, 1.54) is 44.8 Å². The van der Waals surface area contributed by atoms with Crippen LogP contribution in [0.3, 0.4) is 0 Å². The van der Waals surface area contributed by atoms with Gasteiger partial charge in [-0.1, -0.05) is 71.4 Å². The van der Waals surface area contributed by atoms with Crippen LogP contribution in [-0.2, 0) is 14.3 Å². The average Bonchev–Trinajstić information content (AvgIpc) is 3.81. The van der Waals surface area contributed by atoms with Crippen molar-refractivity contribution in [3.05, 3.63) is 11.6 Å². The van der Waals surface area contributed by atoms with Crippen LogP contribution < -0.4 is 5.32 Å². The summed E-state index contributed by atoms with van der Waals surface area (Å²) in [5.41, 5.74) is -1.39. The molecule has 43 heavy (non-hydrogen) atoms. The maximum atomic E-state index is 14.1. The molecule has 7 unspecified atom stereocenters. The van der Waals surface area contributed by atoms with E-state index in [1.807, 2.05) is 0 Å². The van der Waals surface area contributed by atoms with E-state index in [-0.39, 0.29) is 30.0 Å². The molecule has 6 heteroatoms. The van der Waals surface area contributed by atoms with Crippen LogP contribution in [0.15, 0.2) is 11.6 Å². The van der Waals surface area contributed by atoms with Gasteiger partial charge in [0.1, 0.15) is 11.7 Å². The van der Waals surface area contributed by atoms with Crippen LogP contribution in [0, 0.1) is 63.6 Å². The fourth-order valence-electron chi connectivity index (χ4n) is 13.0. The first kappa shape index (κ1) is 30.4. The van der Waals surface area contributed by atoms with Crippen molar-refractivity contribution in [3.63, 3.8) is 0 Å². The Labute approximate surface area is 260 Å². The molecule has 2 heterocycles. The van der Waals surface area contributed by atoms with Crippen molar-refractivity contribution in [3.8, 4) is 0 Å². The van der Waals surface area contributed by atoms with Gasteiger partial charge in [0.15, 0.2) is 0 Å². The predicted molar refractivity (Wildman–Crippen MR) is 168 cm³/mol. The zero-order valence-corrected chi connectivity index (χ0v) is 27.4. The summed E-state index contributed by atoms with van der Waals surface area (Å²) in [6.07, 6.45) is 16.1. The smallest absolute Gasteiger partial charge is 0.315 e. The standard InChI is InChI=1S/C37H58N2O4/c1-5-38-20-25-12-14-39(15-13-25)21-32-28(26-8-6-7-9-26)17-33(43-32)36-19-29-24(4)10-11-30(29)35(22-40)18-27(36)16-31(23(2)3)37(35,36)34(41)42/h16,22-30,32-33,38H,5-15,17-21H2,1-4H3,(H,41,42)/t24-,27?,28?,29-,30-,32?,33?,35?,36?,37?/m1/s1. The first-order valence-electron chi connectivity index (χ1n) is 18.2. The molecule has 4 bridgehead atoms. The number of fused-ring (bicyclic) bond motifs is 2. The van der Waals surface area contributed by atoms with Gasteiger partial charge in [0, 0.05) is 12.0 Å². The highest BCUT2D eigenvalue weighted by Gasteiger charge is 2.86. The lowest BCUT2D eigenvalue weighted by molar-refractivity contribution is -0.197. The quantitative estimate of drug-likeness (QED) is 0.232. The molecule has 0 amide bonds. The second-order valence-corrected chi connectivity index (χ2v) is 16.5. The molecule has 0 aromatic heterocycles. The van der Waals surface area contributed by atoms with Crippen LogP contribution in [-0.4, -0.2) is 67.2 Å². The van der Waals surface area contributed by atoms with Crippen molar-refractivity contribution in [1.29, 1.82) is 0 Å². The van der Waals surface area contributed by atoms with Crippen molar-refractivity contribution in [2.75, 3.05) is 32.7 Å². The highest BCUT2D eigenvalue weighted by atomic mass is 16.5. The zero-order chi connectivity index (χ0) is 30.1. The molecule has 4 saturated carbocycles. The van der Waals surface area contributed by atoms with Crippen LogP contribution >= 0.6 is 0 Å². The maximum Gasteiger partial charge on any atom is 0.315 e. The predicted octanol–water partition coefficient (Wildman–Crippen LogP) is 6.20. The van der Waals surface area contributed by atoms with Gasteiger partial charge in [0.25, 0.3) is 0 Å². The van der Waals surface area contributed by atoms with Gasteiger partial charge in [-0.25, -0.2) is 0 Å². The number of nitrogens with one attached hydrogen (secondary N) is 1. The topological polar surface area (TPSA) is 78.9 Å². The summed E-state index contributed by atoms with van der Waals surface area (Å²) in [7, 11) is 0. The largest absolute Gasteiger partial charge is 0.481 e. The molecule has 0 spiro atoms. The lowest BCUT2D eigenvalue weighted by atomic mass is 9.41. The maximum absolute atomic E-state index is 14.1. The van der Waals surface area contributed by atoms with Crippen molar-refractivity contribution < 1.29 is 19.4 Å². The van der Waals surface area contributed by atoms with Gasteiger partial charge in [-0.2, -0.15) is 0 Å². The minimum absolute atomic E-state index is 0.0847. The van der Waals surface area contributed by atoms with Crippen LogP contribution in [0.4, 0.5) is 0 Å². The fourth-order valence-corrected chi connectivity index (χ4v) is 13.0. The number of carbonyl (C=O) groups excluding carboxylic acids is 1. The van der Waals surface area contributed by atoms with Crippen LogP contribution in [0.1, 0.15) is 98.3 Å². The van der Waals surface area contributed by atoms with E-state index in [0.717, 1.165) is 69.9 Å². The molecule has 2 aliphatic heterocycles. The number of carboxylic acids is 1. The summed E-state index contributed by atoms with van der Waals surface area (Å²) in [6, 6.07) is 0. The molecule has 2 saturated heterocycles. The second-order valence-electron chi connectivity index (χ2n) is 16.5. The summed E-state index contributed by atoms with van der Waals surface area (Å²) in [5.74, 6) is 2.61. The van der Waals surface area contributed by atoms with Crippen LogP contribution in [0.5, 0.6) is 0 Å². The number of hydrogen-bond donors (Lipinski definition) is 2. The third-order valence-corrected chi connectivity index (χ3v) is 14.7. The number of carbonyl (C=O) groups is 2. The van der Waals surface area contributed by atoms with E-state index in [0.29, 0.717) is 30.1 Å². The first-order chi connectivity index (χ1) is 20.7. The number of hydrogen-bond acceptors (Lipinski definition) is 5. The Balaban J connectivity index is 1.24. The summed E-state index contributed by atoms with van der Waals surface area (Å²) < 4.78 is 7.43.